The number of ether oxygens (including phenoxy) is 1. The third kappa shape index (κ3) is 3.15. The van der Waals surface area contributed by atoms with E-state index in [1.807, 2.05) is 27.7 Å². The number of morpholine rings is 1. The van der Waals surface area contributed by atoms with Gasteiger partial charge in [-0.3, -0.25) is 0 Å². The maximum Gasteiger partial charge on any atom is 0.245 e. The van der Waals surface area contributed by atoms with E-state index < -0.39 is 10.0 Å². The van der Waals surface area contributed by atoms with Gasteiger partial charge < -0.3 is 14.4 Å². The first-order valence-corrected chi connectivity index (χ1v) is 8.66. The largest absolute Gasteiger partial charge is 0.390 e. The summed E-state index contributed by atoms with van der Waals surface area (Å²) in [5.41, 5.74) is 0.609. The van der Waals surface area contributed by atoms with Gasteiger partial charge in [-0.05, 0) is 33.8 Å². The van der Waals surface area contributed by atoms with E-state index in [-0.39, 0.29) is 29.7 Å². The van der Waals surface area contributed by atoms with Crippen molar-refractivity contribution >= 4 is 10.0 Å². The lowest BCUT2D eigenvalue weighted by Gasteiger charge is -2.35. The Labute approximate surface area is 126 Å². The summed E-state index contributed by atoms with van der Waals surface area (Å²) in [6, 6.07) is 1.46. The van der Waals surface area contributed by atoms with Crippen LogP contribution in [0.1, 0.15) is 39.4 Å². The molecule has 21 heavy (non-hydrogen) atoms. The first kappa shape index (κ1) is 16.5. The molecule has 0 spiro atoms. The summed E-state index contributed by atoms with van der Waals surface area (Å²) in [7, 11) is -3.57. The highest BCUT2D eigenvalue weighted by molar-refractivity contribution is 7.89. The fourth-order valence-electron chi connectivity index (χ4n) is 2.59. The standard InChI is InChI=1S/C14H24N2O4S/c1-10(2)15-7-14(5-13(15)8-17)21(18,19)16-6-12(4)20-9-11(16)3/h5,7,10-12,17H,6,8-9H2,1-4H3. The van der Waals surface area contributed by atoms with Crippen molar-refractivity contribution in [3.63, 3.8) is 0 Å². The monoisotopic (exact) mass is 316 g/mol. The normalized spacial score (nSPS) is 24.7. The van der Waals surface area contributed by atoms with Gasteiger partial charge >= 0.3 is 0 Å². The van der Waals surface area contributed by atoms with Gasteiger partial charge in [0.05, 0.1) is 19.3 Å². The maximum absolute atomic E-state index is 12.8. The van der Waals surface area contributed by atoms with Gasteiger partial charge in [0.25, 0.3) is 0 Å². The molecule has 2 heterocycles. The molecule has 2 atom stereocenters. The van der Waals surface area contributed by atoms with Gasteiger partial charge in [0, 0.05) is 30.5 Å². The van der Waals surface area contributed by atoms with Crippen LogP contribution in [0.25, 0.3) is 0 Å². The molecule has 120 valence electrons. The van der Waals surface area contributed by atoms with E-state index >= 15 is 0 Å². The Morgan fingerprint density at radius 2 is 2.10 bits per heavy atom. The van der Waals surface area contributed by atoms with Crippen LogP contribution >= 0.6 is 0 Å². The first-order valence-electron chi connectivity index (χ1n) is 7.22. The number of nitrogens with zero attached hydrogens (tertiary/aromatic N) is 2. The molecule has 1 aliphatic heterocycles. The molecular formula is C14H24N2O4S. The average Bonchev–Trinajstić information content (AvgIpc) is 2.86. The first-order chi connectivity index (χ1) is 9.77. The number of aliphatic hydroxyl groups excluding tert-OH is 1. The predicted octanol–water partition coefficient (Wildman–Crippen LogP) is 1.36. The van der Waals surface area contributed by atoms with E-state index in [0.29, 0.717) is 18.8 Å². The van der Waals surface area contributed by atoms with Crippen molar-refractivity contribution in [2.75, 3.05) is 13.2 Å². The van der Waals surface area contributed by atoms with Gasteiger partial charge in [0.15, 0.2) is 0 Å². The molecule has 1 aliphatic rings. The second-order valence-corrected chi connectivity index (χ2v) is 7.78. The fraction of sp³-hybridized carbons (Fsp3) is 0.714. The summed E-state index contributed by atoms with van der Waals surface area (Å²) in [5.74, 6) is 0. The summed E-state index contributed by atoms with van der Waals surface area (Å²) in [4.78, 5) is 0.237. The van der Waals surface area contributed by atoms with Crippen molar-refractivity contribution in [3.05, 3.63) is 18.0 Å². The molecule has 0 aliphatic carbocycles. The summed E-state index contributed by atoms with van der Waals surface area (Å²) in [6.07, 6.45) is 1.50. The third-order valence-corrected chi connectivity index (χ3v) is 5.73. The van der Waals surface area contributed by atoms with Crippen molar-refractivity contribution in [3.8, 4) is 0 Å². The number of hydrogen-bond acceptors (Lipinski definition) is 4. The zero-order valence-electron chi connectivity index (χ0n) is 13.0. The Bertz CT molecular complexity index is 594. The molecule has 1 aromatic heterocycles. The van der Waals surface area contributed by atoms with Gasteiger partial charge in [-0.15, -0.1) is 0 Å². The Morgan fingerprint density at radius 3 is 2.62 bits per heavy atom. The molecule has 0 amide bonds. The molecule has 0 radical (unpaired) electrons. The maximum atomic E-state index is 12.8. The molecule has 1 aromatic rings. The Hall–Kier alpha value is -0.890. The lowest BCUT2D eigenvalue weighted by Crippen LogP contribution is -2.49. The molecule has 2 unspecified atom stereocenters. The number of rotatable bonds is 4. The minimum absolute atomic E-state index is 0.0946. The van der Waals surface area contributed by atoms with Gasteiger partial charge in [-0.25, -0.2) is 8.42 Å². The second-order valence-electron chi connectivity index (χ2n) is 5.89. The predicted molar refractivity (Wildman–Crippen MR) is 79.5 cm³/mol. The summed E-state index contributed by atoms with van der Waals surface area (Å²) in [5, 5.41) is 9.40. The van der Waals surface area contributed by atoms with Crippen LogP contribution in [0.15, 0.2) is 17.2 Å². The van der Waals surface area contributed by atoms with Crippen LogP contribution in [-0.4, -0.2) is 47.7 Å². The topological polar surface area (TPSA) is 71.8 Å². The highest BCUT2D eigenvalue weighted by Crippen LogP contribution is 2.25. The fourth-order valence-corrected chi connectivity index (χ4v) is 4.33. The highest BCUT2D eigenvalue weighted by atomic mass is 32.2. The molecule has 0 aromatic carbocycles. The van der Waals surface area contributed by atoms with Crippen LogP contribution in [0.3, 0.4) is 0 Å². The van der Waals surface area contributed by atoms with Crippen LogP contribution < -0.4 is 0 Å². The highest BCUT2D eigenvalue weighted by Gasteiger charge is 2.35. The number of sulfonamides is 1. The molecular weight excluding hydrogens is 292 g/mol. The second kappa shape index (κ2) is 6.08. The molecule has 6 nitrogen and oxygen atoms in total. The summed E-state index contributed by atoms with van der Waals surface area (Å²) in [6.45, 7) is 8.19. The molecule has 0 bridgehead atoms. The van der Waals surface area contributed by atoms with Crippen molar-refractivity contribution in [2.45, 2.75) is 57.4 Å². The summed E-state index contributed by atoms with van der Waals surface area (Å²) < 4.78 is 34.4. The quantitative estimate of drug-likeness (QED) is 0.910. The van der Waals surface area contributed by atoms with Crippen molar-refractivity contribution in [1.82, 2.24) is 8.87 Å². The zero-order chi connectivity index (χ0) is 15.8. The van der Waals surface area contributed by atoms with E-state index in [1.165, 1.54) is 4.31 Å². The van der Waals surface area contributed by atoms with Gasteiger partial charge in [-0.2, -0.15) is 4.31 Å². The Morgan fingerprint density at radius 1 is 1.43 bits per heavy atom. The molecule has 1 saturated heterocycles. The lowest BCUT2D eigenvalue weighted by atomic mass is 10.2. The van der Waals surface area contributed by atoms with Crippen LogP contribution in [0.4, 0.5) is 0 Å². The van der Waals surface area contributed by atoms with Gasteiger partial charge in [-0.1, -0.05) is 0 Å². The smallest absolute Gasteiger partial charge is 0.245 e. The molecule has 2 rings (SSSR count). The lowest BCUT2D eigenvalue weighted by molar-refractivity contribution is -0.0170. The SMILES string of the molecule is CC1CN(S(=O)(=O)c2cc(CO)n(C(C)C)c2)C(C)CO1. The van der Waals surface area contributed by atoms with Crippen LogP contribution in [-0.2, 0) is 21.4 Å². The van der Waals surface area contributed by atoms with E-state index in [0.717, 1.165) is 0 Å². The van der Waals surface area contributed by atoms with Crippen LogP contribution in [0.2, 0.25) is 0 Å². The van der Waals surface area contributed by atoms with E-state index in [9.17, 15) is 13.5 Å². The van der Waals surface area contributed by atoms with Crippen molar-refractivity contribution < 1.29 is 18.3 Å². The Balaban J connectivity index is 2.39. The minimum atomic E-state index is -3.57. The van der Waals surface area contributed by atoms with Crippen molar-refractivity contribution in [1.29, 1.82) is 0 Å². The molecule has 1 N–H and O–H groups in total. The molecule has 0 saturated carbocycles. The number of hydrogen-bond donors (Lipinski definition) is 1. The van der Waals surface area contributed by atoms with E-state index in [1.54, 1.807) is 16.8 Å². The van der Waals surface area contributed by atoms with Gasteiger partial charge in [0.1, 0.15) is 4.90 Å². The number of aliphatic hydroxyl groups is 1. The summed E-state index contributed by atoms with van der Waals surface area (Å²) >= 11 is 0. The molecule has 1 fully saturated rings. The minimum Gasteiger partial charge on any atom is -0.390 e. The van der Waals surface area contributed by atoms with Crippen LogP contribution in [0.5, 0.6) is 0 Å². The molecule has 7 heteroatoms. The van der Waals surface area contributed by atoms with E-state index in [4.69, 9.17) is 4.74 Å². The average molecular weight is 316 g/mol. The Kier molecular flexibility index (Phi) is 4.77. The number of aromatic nitrogens is 1. The van der Waals surface area contributed by atoms with Gasteiger partial charge in [0.2, 0.25) is 10.0 Å². The van der Waals surface area contributed by atoms with Crippen molar-refractivity contribution in [2.24, 2.45) is 0 Å². The van der Waals surface area contributed by atoms with E-state index in [2.05, 4.69) is 0 Å². The third-order valence-electron chi connectivity index (χ3n) is 3.78. The van der Waals surface area contributed by atoms with Crippen LogP contribution in [0, 0.1) is 0 Å². The zero-order valence-corrected chi connectivity index (χ0v) is 13.8.